The highest BCUT2D eigenvalue weighted by Gasteiger charge is 2.16. The van der Waals surface area contributed by atoms with Crippen molar-refractivity contribution in [1.29, 1.82) is 0 Å². The highest BCUT2D eigenvalue weighted by atomic mass is 127. The molecule has 0 radical (unpaired) electrons. The Hall–Kier alpha value is -1.85. The van der Waals surface area contributed by atoms with Crippen molar-refractivity contribution < 1.29 is 23.0 Å². The third kappa shape index (κ3) is 9.77. The van der Waals surface area contributed by atoms with Crippen LogP contribution in [-0.4, -0.2) is 56.2 Å². The maximum atomic E-state index is 12.8. The Morgan fingerprint density at radius 3 is 2.43 bits per heavy atom. The minimum Gasteiger partial charge on any atom is -0.490 e. The molecule has 0 aliphatic rings. The van der Waals surface area contributed by atoms with Crippen LogP contribution in [0.25, 0.3) is 0 Å². The number of hydrogen-bond donors (Lipinski definition) is 2. The molecule has 1 aromatic rings. The minimum absolute atomic E-state index is 0. The van der Waals surface area contributed by atoms with Gasteiger partial charge in [-0.2, -0.15) is 8.78 Å². The fourth-order valence-electron chi connectivity index (χ4n) is 2.71. The van der Waals surface area contributed by atoms with Gasteiger partial charge in [0.1, 0.15) is 0 Å². The van der Waals surface area contributed by atoms with Gasteiger partial charge in [-0.05, 0) is 33.8 Å². The van der Waals surface area contributed by atoms with E-state index in [0.717, 1.165) is 0 Å². The summed E-state index contributed by atoms with van der Waals surface area (Å²) >= 11 is 0. The van der Waals surface area contributed by atoms with Crippen LogP contribution >= 0.6 is 24.0 Å². The van der Waals surface area contributed by atoms with Crippen molar-refractivity contribution in [2.75, 3.05) is 32.8 Å². The molecule has 0 saturated carbocycles. The summed E-state index contributed by atoms with van der Waals surface area (Å²) in [5, 5.41) is 6.17. The number of rotatable bonds is 12. The maximum Gasteiger partial charge on any atom is 0.387 e. The molecule has 10 heteroatoms. The zero-order valence-corrected chi connectivity index (χ0v) is 20.4. The van der Waals surface area contributed by atoms with Crippen molar-refractivity contribution in [2.45, 2.75) is 47.3 Å². The molecule has 0 heterocycles. The number of nitrogens with one attached hydrogen (secondary N) is 2. The van der Waals surface area contributed by atoms with E-state index in [-0.39, 0.29) is 47.9 Å². The highest BCUT2D eigenvalue weighted by Crippen LogP contribution is 2.33. The van der Waals surface area contributed by atoms with Gasteiger partial charge < -0.3 is 25.0 Å². The lowest BCUT2D eigenvalue weighted by Gasteiger charge is -2.19. The molecule has 0 saturated heterocycles. The SMILES string of the molecule is CCNC(=NCc1cccc(OCC)c1OC(F)F)NCCC(=O)N(CC)CC.I. The summed E-state index contributed by atoms with van der Waals surface area (Å²) in [4.78, 5) is 18.3. The van der Waals surface area contributed by atoms with Gasteiger partial charge in [-0.1, -0.05) is 12.1 Å². The van der Waals surface area contributed by atoms with E-state index in [1.807, 2.05) is 20.8 Å². The van der Waals surface area contributed by atoms with Gasteiger partial charge in [0.2, 0.25) is 5.91 Å². The fourth-order valence-corrected chi connectivity index (χ4v) is 2.71. The number of para-hydroxylation sites is 1. The number of amides is 1. The summed E-state index contributed by atoms with van der Waals surface area (Å²) < 4.78 is 35.7. The average Bonchev–Trinajstić information content (AvgIpc) is 2.68. The Morgan fingerprint density at radius 2 is 1.87 bits per heavy atom. The molecular formula is C20H33F2IN4O3. The molecule has 0 fully saturated rings. The first-order chi connectivity index (χ1) is 14.0. The Bertz CT molecular complexity index is 659. The third-order valence-corrected chi connectivity index (χ3v) is 4.07. The van der Waals surface area contributed by atoms with Crippen molar-refractivity contribution in [3.05, 3.63) is 23.8 Å². The van der Waals surface area contributed by atoms with E-state index in [1.165, 1.54) is 0 Å². The van der Waals surface area contributed by atoms with Crippen LogP contribution in [0.1, 0.15) is 39.7 Å². The molecular weight excluding hydrogens is 509 g/mol. The van der Waals surface area contributed by atoms with Gasteiger partial charge in [-0.25, -0.2) is 4.99 Å². The second-order valence-electron chi connectivity index (χ2n) is 5.99. The normalized spacial score (nSPS) is 11.0. The van der Waals surface area contributed by atoms with Crippen LogP contribution in [0.5, 0.6) is 11.5 Å². The zero-order chi connectivity index (χ0) is 21.6. The van der Waals surface area contributed by atoms with E-state index < -0.39 is 6.61 Å². The lowest BCUT2D eigenvalue weighted by molar-refractivity contribution is -0.130. The number of halogens is 3. The third-order valence-electron chi connectivity index (χ3n) is 4.07. The van der Waals surface area contributed by atoms with Gasteiger partial charge in [0, 0.05) is 38.2 Å². The van der Waals surface area contributed by atoms with Crippen LogP contribution < -0.4 is 20.1 Å². The van der Waals surface area contributed by atoms with Gasteiger partial charge >= 0.3 is 6.61 Å². The van der Waals surface area contributed by atoms with E-state index >= 15 is 0 Å². The van der Waals surface area contributed by atoms with Gasteiger partial charge in [-0.15, -0.1) is 24.0 Å². The maximum absolute atomic E-state index is 12.8. The van der Waals surface area contributed by atoms with Gasteiger partial charge in [0.25, 0.3) is 0 Å². The Balaban J connectivity index is 0.00000841. The molecule has 1 amide bonds. The van der Waals surface area contributed by atoms with Crippen LogP contribution in [0.15, 0.2) is 23.2 Å². The van der Waals surface area contributed by atoms with Crippen LogP contribution in [-0.2, 0) is 11.3 Å². The molecule has 172 valence electrons. The summed E-state index contributed by atoms with van der Waals surface area (Å²) in [6.07, 6.45) is 0.339. The number of carbonyl (C=O) groups excluding carboxylic acids is 1. The molecule has 0 aliphatic heterocycles. The number of alkyl halides is 2. The van der Waals surface area contributed by atoms with Crippen LogP contribution in [0.3, 0.4) is 0 Å². The first-order valence-electron chi connectivity index (χ1n) is 9.96. The molecule has 2 N–H and O–H groups in total. The predicted octanol–water partition coefficient (Wildman–Crippen LogP) is 3.62. The second kappa shape index (κ2) is 15.9. The van der Waals surface area contributed by atoms with E-state index in [2.05, 4.69) is 20.4 Å². The predicted molar refractivity (Wildman–Crippen MR) is 125 cm³/mol. The second-order valence-corrected chi connectivity index (χ2v) is 5.99. The Labute approximate surface area is 194 Å². The molecule has 0 unspecified atom stereocenters. The molecule has 0 spiro atoms. The molecule has 7 nitrogen and oxygen atoms in total. The van der Waals surface area contributed by atoms with Crippen molar-refractivity contribution >= 4 is 35.8 Å². The summed E-state index contributed by atoms with van der Waals surface area (Å²) in [7, 11) is 0. The van der Waals surface area contributed by atoms with Crippen LogP contribution in [0.2, 0.25) is 0 Å². The molecule has 30 heavy (non-hydrogen) atoms. The first-order valence-corrected chi connectivity index (χ1v) is 9.96. The largest absolute Gasteiger partial charge is 0.490 e. The monoisotopic (exact) mass is 542 g/mol. The van der Waals surface area contributed by atoms with Crippen molar-refractivity contribution in [2.24, 2.45) is 4.99 Å². The molecule has 1 aromatic carbocycles. The summed E-state index contributed by atoms with van der Waals surface area (Å²) in [6, 6.07) is 4.95. The van der Waals surface area contributed by atoms with Crippen molar-refractivity contribution in [3.8, 4) is 11.5 Å². The van der Waals surface area contributed by atoms with E-state index in [0.29, 0.717) is 50.7 Å². The summed E-state index contributed by atoms with van der Waals surface area (Å²) in [6.45, 7) is 7.43. The molecule has 0 aliphatic carbocycles. The van der Waals surface area contributed by atoms with Gasteiger partial charge in [0.05, 0.1) is 13.2 Å². The molecule has 0 aromatic heterocycles. The number of ether oxygens (including phenoxy) is 2. The highest BCUT2D eigenvalue weighted by molar-refractivity contribution is 14.0. The number of nitrogens with zero attached hydrogens (tertiary/aromatic N) is 2. The van der Waals surface area contributed by atoms with E-state index in [9.17, 15) is 13.6 Å². The molecule has 1 rings (SSSR count). The lowest BCUT2D eigenvalue weighted by atomic mass is 10.2. The molecule has 0 atom stereocenters. The number of guanidine groups is 1. The van der Waals surface area contributed by atoms with Gasteiger partial charge in [0.15, 0.2) is 17.5 Å². The number of aliphatic imine (C=N–C) groups is 1. The van der Waals surface area contributed by atoms with Gasteiger partial charge in [-0.3, -0.25) is 4.79 Å². The van der Waals surface area contributed by atoms with Crippen LogP contribution in [0.4, 0.5) is 8.78 Å². The quantitative estimate of drug-likeness (QED) is 0.240. The van der Waals surface area contributed by atoms with Crippen molar-refractivity contribution in [1.82, 2.24) is 15.5 Å². The number of benzene rings is 1. The van der Waals surface area contributed by atoms with Crippen molar-refractivity contribution in [3.63, 3.8) is 0 Å². The topological polar surface area (TPSA) is 75.2 Å². The van der Waals surface area contributed by atoms with Crippen LogP contribution in [0, 0.1) is 0 Å². The first kappa shape index (κ1) is 28.1. The number of hydrogen-bond acceptors (Lipinski definition) is 4. The lowest BCUT2D eigenvalue weighted by Crippen LogP contribution is -2.40. The smallest absolute Gasteiger partial charge is 0.387 e. The average molecular weight is 542 g/mol. The zero-order valence-electron chi connectivity index (χ0n) is 18.0. The summed E-state index contributed by atoms with van der Waals surface area (Å²) in [5.41, 5.74) is 0.479. The standard InChI is InChI=1S/C20H32F2N4O3.HI/c1-5-23-20(24-13-12-17(27)26(6-2)7-3)25-14-15-10-9-11-16(28-8-4)18(15)29-19(21)22;/h9-11,19H,5-8,12-14H2,1-4H3,(H2,23,24,25);1H. The van der Waals surface area contributed by atoms with E-state index in [4.69, 9.17) is 4.74 Å². The summed E-state index contributed by atoms with van der Waals surface area (Å²) in [5.74, 6) is 0.795. The molecule has 0 bridgehead atoms. The fraction of sp³-hybridized carbons (Fsp3) is 0.600. The Morgan fingerprint density at radius 1 is 1.17 bits per heavy atom. The van der Waals surface area contributed by atoms with E-state index in [1.54, 1.807) is 30.0 Å². The number of carbonyl (C=O) groups is 1. The Kier molecular flexibility index (Phi) is 14.9. The minimum atomic E-state index is -2.96.